The Morgan fingerprint density at radius 2 is 2.32 bits per heavy atom. The van der Waals surface area contributed by atoms with Gasteiger partial charge in [0.15, 0.2) is 17.0 Å². The number of alkyl halides is 1. The van der Waals surface area contributed by atoms with Crippen molar-refractivity contribution in [3.63, 3.8) is 0 Å². The zero-order chi connectivity index (χ0) is 16.1. The Balaban J connectivity index is 1.88. The number of hydrogen-bond donors (Lipinski definition) is 4. The average Bonchev–Trinajstić information content (AvgIpc) is 2.95. The predicted molar refractivity (Wildman–Crippen MR) is 72.5 cm³/mol. The molecule has 22 heavy (non-hydrogen) atoms. The summed E-state index contributed by atoms with van der Waals surface area (Å²) in [6.45, 7) is 0.00403. The molecule has 0 aliphatic carbocycles. The standard InChI is InChI=1S/C10H13FN5O5P/c11-7-4(1-5(21-7)22(18,19)20)2-16-3-13-6-8(16)14-10(12)15-9(6)17/h3-5,7H,1-2H2,(H2,18,19,20)(H3,12,14,15,17)/t4-,5+,7+/m1/s1. The Bertz CT molecular complexity index is 816. The summed E-state index contributed by atoms with van der Waals surface area (Å²) in [5, 5.41) is 0. The topological polar surface area (TPSA) is 156 Å². The summed E-state index contributed by atoms with van der Waals surface area (Å²) in [4.78, 5) is 39.8. The van der Waals surface area contributed by atoms with Crippen LogP contribution in [0.4, 0.5) is 10.3 Å². The number of aromatic amines is 1. The van der Waals surface area contributed by atoms with E-state index in [0.717, 1.165) is 0 Å². The number of imidazole rings is 1. The van der Waals surface area contributed by atoms with E-state index in [1.807, 2.05) is 0 Å². The summed E-state index contributed by atoms with van der Waals surface area (Å²) >= 11 is 0. The van der Waals surface area contributed by atoms with Crippen molar-refractivity contribution >= 4 is 24.7 Å². The molecule has 10 nitrogen and oxygen atoms in total. The SMILES string of the molecule is Nc1nc2c(ncn2C[C@H]2C[C@H](P(=O)(O)O)O[C@@H]2F)c(=O)[nH]1. The Labute approximate surface area is 122 Å². The summed E-state index contributed by atoms with van der Waals surface area (Å²) in [5.41, 5.74) is 5.16. The lowest BCUT2D eigenvalue weighted by Crippen LogP contribution is -2.18. The van der Waals surface area contributed by atoms with Gasteiger partial charge in [0.2, 0.25) is 12.3 Å². The fourth-order valence-electron chi connectivity index (χ4n) is 2.41. The van der Waals surface area contributed by atoms with E-state index >= 15 is 0 Å². The van der Waals surface area contributed by atoms with Crippen molar-refractivity contribution in [2.45, 2.75) is 25.2 Å². The highest BCUT2D eigenvalue weighted by Crippen LogP contribution is 2.50. The molecule has 0 radical (unpaired) electrons. The lowest BCUT2D eigenvalue weighted by molar-refractivity contribution is -0.0352. The molecule has 1 aliphatic rings. The van der Waals surface area contributed by atoms with Gasteiger partial charge in [0, 0.05) is 12.5 Å². The molecule has 3 atom stereocenters. The van der Waals surface area contributed by atoms with Crippen molar-refractivity contribution in [3.8, 4) is 0 Å². The Hall–Kier alpha value is -1.81. The number of nitrogens with two attached hydrogens (primary N) is 1. The number of anilines is 1. The quantitative estimate of drug-likeness (QED) is 0.550. The molecule has 0 unspecified atom stereocenters. The third-order valence-electron chi connectivity index (χ3n) is 3.46. The first-order valence-corrected chi connectivity index (χ1v) is 7.99. The van der Waals surface area contributed by atoms with Crippen LogP contribution in [0.25, 0.3) is 11.2 Å². The minimum absolute atomic E-state index is 0.00403. The third-order valence-corrected chi connectivity index (χ3v) is 4.54. The van der Waals surface area contributed by atoms with E-state index in [9.17, 15) is 13.8 Å². The van der Waals surface area contributed by atoms with E-state index in [0.29, 0.717) is 0 Å². The number of fused-ring (bicyclic) bond motifs is 1. The molecule has 1 aliphatic heterocycles. The fourth-order valence-corrected chi connectivity index (χ4v) is 3.23. The summed E-state index contributed by atoms with van der Waals surface area (Å²) in [7, 11) is -4.52. The second-order valence-electron chi connectivity index (χ2n) is 5.05. The van der Waals surface area contributed by atoms with Crippen LogP contribution >= 0.6 is 7.60 Å². The number of nitrogen functional groups attached to an aromatic ring is 1. The molecule has 1 fully saturated rings. The van der Waals surface area contributed by atoms with Gasteiger partial charge in [-0.3, -0.25) is 14.3 Å². The molecular weight excluding hydrogens is 320 g/mol. The molecule has 120 valence electrons. The van der Waals surface area contributed by atoms with Crippen molar-refractivity contribution < 1.29 is 23.5 Å². The molecule has 0 bridgehead atoms. The minimum Gasteiger partial charge on any atom is -0.369 e. The number of rotatable bonds is 3. The van der Waals surface area contributed by atoms with Crippen molar-refractivity contribution in [2.75, 3.05) is 5.73 Å². The van der Waals surface area contributed by atoms with Gasteiger partial charge in [-0.15, -0.1) is 0 Å². The van der Waals surface area contributed by atoms with Crippen molar-refractivity contribution in [2.24, 2.45) is 5.92 Å². The molecule has 1 saturated heterocycles. The van der Waals surface area contributed by atoms with Gasteiger partial charge >= 0.3 is 7.60 Å². The van der Waals surface area contributed by atoms with E-state index in [4.69, 9.17) is 15.5 Å². The monoisotopic (exact) mass is 333 g/mol. The number of nitrogens with one attached hydrogen (secondary N) is 1. The number of nitrogens with zero attached hydrogens (tertiary/aromatic N) is 3. The van der Waals surface area contributed by atoms with E-state index < -0.39 is 31.3 Å². The third kappa shape index (κ3) is 2.63. The maximum absolute atomic E-state index is 13.8. The maximum Gasteiger partial charge on any atom is 0.354 e. The van der Waals surface area contributed by atoms with Crippen LogP contribution in [0.1, 0.15) is 6.42 Å². The Morgan fingerprint density at radius 3 is 2.95 bits per heavy atom. The smallest absolute Gasteiger partial charge is 0.354 e. The number of hydrogen-bond acceptors (Lipinski definition) is 6. The van der Waals surface area contributed by atoms with Crippen LogP contribution in [0.3, 0.4) is 0 Å². The van der Waals surface area contributed by atoms with E-state index in [2.05, 4.69) is 19.7 Å². The number of halogens is 1. The lowest BCUT2D eigenvalue weighted by atomic mass is 10.1. The van der Waals surface area contributed by atoms with Gasteiger partial charge in [-0.1, -0.05) is 0 Å². The van der Waals surface area contributed by atoms with E-state index in [1.165, 1.54) is 10.9 Å². The Morgan fingerprint density at radius 1 is 1.59 bits per heavy atom. The molecule has 0 spiro atoms. The van der Waals surface area contributed by atoms with E-state index in [-0.39, 0.29) is 30.1 Å². The second-order valence-corrected chi connectivity index (χ2v) is 6.80. The molecule has 0 amide bonds. The summed E-state index contributed by atoms with van der Waals surface area (Å²) in [6.07, 6.45) is -0.678. The maximum atomic E-state index is 13.8. The molecular formula is C10H13FN5O5P. The van der Waals surface area contributed by atoms with Crippen LogP contribution in [-0.2, 0) is 15.8 Å². The van der Waals surface area contributed by atoms with Crippen LogP contribution < -0.4 is 11.3 Å². The van der Waals surface area contributed by atoms with Crippen molar-refractivity contribution in [3.05, 3.63) is 16.7 Å². The summed E-state index contributed by atoms with van der Waals surface area (Å²) in [6, 6.07) is 0. The minimum atomic E-state index is -4.52. The van der Waals surface area contributed by atoms with Gasteiger partial charge in [0.05, 0.1) is 6.33 Å². The lowest BCUT2D eigenvalue weighted by Gasteiger charge is -2.11. The van der Waals surface area contributed by atoms with Crippen LogP contribution in [0.5, 0.6) is 0 Å². The predicted octanol–water partition coefficient (Wildman–Crippen LogP) is -0.462. The van der Waals surface area contributed by atoms with Crippen molar-refractivity contribution in [1.29, 1.82) is 0 Å². The van der Waals surface area contributed by atoms with Crippen LogP contribution in [0, 0.1) is 5.92 Å². The largest absolute Gasteiger partial charge is 0.369 e. The van der Waals surface area contributed by atoms with Gasteiger partial charge in [-0.25, -0.2) is 9.37 Å². The average molecular weight is 333 g/mol. The van der Waals surface area contributed by atoms with Crippen LogP contribution in [-0.4, -0.2) is 41.5 Å². The summed E-state index contributed by atoms with van der Waals surface area (Å²) in [5.74, 6) is -2.37. The molecule has 2 aromatic heterocycles. The van der Waals surface area contributed by atoms with Crippen molar-refractivity contribution in [1.82, 2.24) is 19.5 Å². The molecule has 2 aromatic rings. The number of aromatic nitrogens is 4. The molecule has 3 heterocycles. The highest BCUT2D eigenvalue weighted by Gasteiger charge is 2.44. The normalized spacial score (nSPS) is 25.9. The number of ether oxygens (including phenoxy) is 1. The van der Waals surface area contributed by atoms with Gasteiger partial charge in [0.1, 0.15) is 0 Å². The van der Waals surface area contributed by atoms with Crippen LogP contribution in [0.15, 0.2) is 11.1 Å². The molecule has 0 saturated carbocycles. The Kier molecular flexibility index (Phi) is 3.52. The first kappa shape index (κ1) is 15.1. The van der Waals surface area contributed by atoms with Gasteiger partial charge in [0.25, 0.3) is 5.56 Å². The first-order valence-electron chi connectivity index (χ1n) is 6.31. The second kappa shape index (κ2) is 5.13. The van der Waals surface area contributed by atoms with Gasteiger partial charge in [-0.05, 0) is 6.42 Å². The van der Waals surface area contributed by atoms with Crippen LogP contribution in [0.2, 0.25) is 0 Å². The highest BCUT2D eigenvalue weighted by molar-refractivity contribution is 7.52. The number of H-pyrrole nitrogens is 1. The molecule has 0 aromatic carbocycles. The zero-order valence-electron chi connectivity index (χ0n) is 11.1. The molecule has 3 rings (SSSR count). The first-order chi connectivity index (χ1) is 10.3. The van der Waals surface area contributed by atoms with Gasteiger partial charge in [-0.2, -0.15) is 4.98 Å². The highest BCUT2D eigenvalue weighted by atomic mass is 31.2. The fraction of sp³-hybridized carbons (Fsp3) is 0.500. The van der Waals surface area contributed by atoms with E-state index in [1.54, 1.807) is 0 Å². The zero-order valence-corrected chi connectivity index (χ0v) is 12.0. The van der Waals surface area contributed by atoms with Gasteiger partial charge < -0.3 is 24.8 Å². The molecule has 12 heteroatoms. The summed E-state index contributed by atoms with van der Waals surface area (Å²) < 4.78 is 31.0. The molecule has 5 N–H and O–H groups in total.